The second kappa shape index (κ2) is 10.3. The Morgan fingerprint density at radius 3 is 2.33 bits per heavy atom. The average Bonchev–Trinajstić information content (AvgIpc) is 2.72. The third-order valence-corrected chi connectivity index (χ3v) is 3.56. The molecule has 0 aliphatic rings. The molecular formula is C19H19F3N2O6. The molecule has 1 atom stereocenters. The summed E-state index contributed by atoms with van der Waals surface area (Å²) >= 11 is 0. The normalized spacial score (nSPS) is 11.9. The lowest BCUT2D eigenvalue weighted by molar-refractivity contribution is -0.150. The number of aromatic nitrogens is 1. The number of hydrogen-bond acceptors (Lipinski definition) is 7. The van der Waals surface area contributed by atoms with Crippen LogP contribution in [0.15, 0.2) is 42.6 Å². The second-order valence-corrected chi connectivity index (χ2v) is 5.80. The molecule has 0 unspecified atom stereocenters. The quantitative estimate of drug-likeness (QED) is 0.507. The lowest BCUT2D eigenvalue weighted by atomic mass is 10.3. The van der Waals surface area contributed by atoms with Crippen LogP contribution < -0.4 is 14.8 Å². The van der Waals surface area contributed by atoms with E-state index in [0.717, 1.165) is 12.1 Å². The summed E-state index contributed by atoms with van der Waals surface area (Å²) in [5, 5.41) is 2.36. The highest BCUT2D eigenvalue weighted by atomic mass is 19.4. The van der Waals surface area contributed by atoms with Crippen molar-refractivity contribution in [3.05, 3.63) is 48.2 Å². The molecule has 11 heteroatoms. The van der Waals surface area contributed by atoms with Crippen molar-refractivity contribution in [1.82, 2.24) is 10.3 Å². The molecule has 0 radical (unpaired) electrons. The van der Waals surface area contributed by atoms with Crippen molar-refractivity contribution in [2.24, 2.45) is 0 Å². The SMILES string of the molecule is COC(=O)NCCOC(=O)[C@@H](C)Oc1ccc(Oc2ccc(C(F)(F)F)cn2)cc1. The number of amides is 1. The fraction of sp³-hybridized carbons (Fsp3) is 0.316. The van der Waals surface area contributed by atoms with Gasteiger partial charge in [-0.05, 0) is 37.3 Å². The van der Waals surface area contributed by atoms with E-state index in [1.165, 1.54) is 38.3 Å². The van der Waals surface area contributed by atoms with Gasteiger partial charge < -0.3 is 24.3 Å². The molecular weight excluding hydrogens is 409 g/mol. The molecule has 2 rings (SSSR count). The van der Waals surface area contributed by atoms with Crippen LogP contribution in [0.3, 0.4) is 0 Å². The number of nitrogens with one attached hydrogen (secondary N) is 1. The lowest BCUT2D eigenvalue weighted by Crippen LogP contribution is -2.31. The highest BCUT2D eigenvalue weighted by Gasteiger charge is 2.30. The van der Waals surface area contributed by atoms with E-state index < -0.39 is 29.9 Å². The predicted molar refractivity (Wildman–Crippen MR) is 97.2 cm³/mol. The monoisotopic (exact) mass is 428 g/mol. The second-order valence-electron chi connectivity index (χ2n) is 5.80. The topological polar surface area (TPSA) is 96.0 Å². The Morgan fingerprint density at radius 1 is 1.10 bits per heavy atom. The highest BCUT2D eigenvalue weighted by molar-refractivity contribution is 5.74. The summed E-state index contributed by atoms with van der Waals surface area (Å²) in [6.07, 6.45) is -5.34. The third-order valence-electron chi connectivity index (χ3n) is 3.56. The number of methoxy groups -OCH3 is 1. The number of rotatable bonds is 8. The van der Waals surface area contributed by atoms with Gasteiger partial charge in [-0.15, -0.1) is 0 Å². The summed E-state index contributed by atoms with van der Waals surface area (Å²) in [4.78, 5) is 26.4. The van der Waals surface area contributed by atoms with Gasteiger partial charge in [-0.1, -0.05) is 0 Å². The van der Waals surface area contributed by atoms with Gasteiger partial charge in [0.1, 0.15) is 18.1 Å². The Labute approximate surface area is 169 Å². The molecule has 0 aliphatic carbocycles. The number of nitrogens with zero attached hydrogens (tertiary/aromatic N) is 1. The molecule has 0 bridgehead atoms. The first kappa shape index (κ1) is 22.8. The molecule has 0 fully saturated rings. The van der Waals surface area contributed by atoms with Gasteiger partial charge in [0.15, 0.2) is 6.10 Å². The van der Waals surface area contributed by atoms with Gasteiger partial charge >= 0.3 is 18.2 Å². The zero-order chi connectivity index (χ0) is 22.1. The molecule has 1 heterocycles. The first-order chi connectivity index (χ1) is 14.2. The third kappa shape index (κ3) is 7.15. The largest absolute Gasteiger partial charge is 0.479 e. The summed E-state index contributed by atoms with van der Waals surface area (Å²) < 4.78 is 57.8. The Balaban J connectivity index is 1.82. The molecule has 1 aromatic heterocycles. The van der Waals surface area contributed by atoms with Crippen LogP contribution in [0.2, 0.25) is 0 Å². The first-order valence-electron chi connectivity index (χ1n) is 8.65. The van der Waals surface area contributed by atoms with E-state index in [1.54, 1.807) is 0 Å². The molecule has 8 nitrogen and oxygen atoms in total. The van der Waals surface area contributed by atoms with E-state index in [2.05, 4.69) is 15.0 Å². The Morgan fingerprint density at radius 2 is 1.77 bits per heavy atom. The summed E-state index contributed by atoms with van der Waals surface area (Å²) in [5.74, 6) is 0.0312. The van der Waals surface area contributed by atoms with Gasteiger partial charge in [-0.2, -0.15) is 13.2 Å². The maximum absolute atomic E-state index is 12.5. The first-order valence-corrected chi connectivity index (χ1v) is 8.65. The maximum atomic E-state index is 12.5. The van der Waals surface area contributed by atoms with Crippen molar-refractivity contribution in [3.8, 4) is 17.4 Å². The fourth-order valence-corrected chi connectivity index (χ4v) is 2.06. The van der Waals surface area contributed by atoms with E-state index in [0.29, 0.717) is 17.7 Å². The van der Waals surface area contributed by atoms with Crippen molar-refractivity contribution >= 4 is 12.1 Å². The number of hydrogen-bond donors (Lipinski definition) is 1. The van der Waals surface area contributed by atoms with E-state index in [1.807, 2.05) is 0 Å². The highest BCUT2D eigenvalue weighted by Crippen LogP contribution is 2.30. The van der Waals surface area contributed by atoms with Gasteiger partial charge in [0, 0.05) is 12.3 Å². The van der Waals surface area contributed by atoms with Gasteiger partial charge in [0.2, 0.25) is 5.88 Å². The zero-order valence-electron chi connectivity index (χ0n) is 16.1. The zero-order valence-corrected chi connectivity index (χ0v) is 16.1. The minimum atomic E-state index is -4.47. The Bertz CT molecular complexity index is 841. The molecule has 162 valence electrons. The maximum Gasteiger partial charge on any atom is 0.417 e. The lowest BCUT2D eigenvalue weighted by Gasteiger charge is -2.14. The van der Waals surface area contributed by atoms with Gasteiger partial charge in [0.05, 0.1) is 19.2 Å². The van der Waals surface area contributed by atoms with Crippen molar-refractivity contribution in [1.29, 1.82) is 0 Å². The molecule has 1 N–H and O–H groups in total. The van der Waals surface area contributed by atoms with Gasteiger partial charge in [-0.25, -0.2) is 14.6 Å². The van der Waals surface area contributed by atoms with Crippen LogP contribution in [-0.4, -0.2) is 43.4 Å². The summed E-state index contributed by atoms with van der Waals surface area (Å²) in [6, 6.07) is 8.03. The molecule has 0 saturated carbocycles. The summed E-state index contributed by atoms with van der Waals surface area (Å²) in [5.41, 5.74) is -0.874. The predicted octanol–water partition coefficient (Wildman–Crippen LogP) is 3.56. The van der Waals surface area contributed by atoms with Crippen LogP contribution in [0.1, 0.15) is 12.5 Å². The number of halogens is 3. The van der Waals surface area contributed by atoms with Crippen molar-refractivity contribution < 1.29 is 41.7 Å². The number of esters is 1. The minimum Gasteiger partial charge on any atom is -0.479 e. The van der Waals surface area contributed by atoms with E-state index in [9.17, 15) is 22.8 Å². The van der Waals surface area contributed by atoms with Crippen LogP contribution >= 0.6 is 0 Å². The molecule has 1 amide bonds. The number of benzene rings is 1. The molecule has 30 heavy (non-hydrogen) atoms. The van der Waals surface area contributed by atoms with E-state index in [4.69, 9.17) is 14.2 Å². The molecule has 2 aromatic rings. The standard InChI is InChI=1S/C19H19F3N2O6/c1-12(17(25)28-10-9-23-18(26)27-2)29-14-4-6-15(7-5-14)30-16-8-3-13(11-24-16)19(20,21)22/h3-8,11-12H,9-10H2,1-2H3,(H,23,26)/t12-/m1/s1. The Kier molecular flexibility index (Phi) is 7.84. The fourth-order valence-electron chi connectivity index (χ4n) is 2.06. The molecule has 0 saturated heterocycles. The summed E-state index contributed by atoms with van der Waals surface area (Å²) in [6.45, 7) is 1.54. The molecule has 0 aliphatic heterocycles. The van der Waals surface area contributed by atoms with Crippen LogP contribution in [0.4, 0.5) is 18.0 Å². The van der Waals surface area contributed by atoms with E-state index in [-0.39, 0.29) is 19.0 Å². The van der Waals surface area contributed by atoms with E-state index >= 15 is 0 Å². The molecule has 1 aromatic carbocycles. The van der Waals surface area contributed by atoms with Crippen LogP contribution in [0.25, 0.3) is 0 Å². The van der Waals surface area contributed by atoms with Crippen LogP contribution in [0.5, 0.6) is 17.4 Å². The van der Waals surface area contributed by atoms with Crippen molar-refractivity contribution in [2.45, 2.75) is 19.2 Å². The minimum absolute atomic E-state index is 0.00539. The summed E-state index contributed by atoms with van der Waals surface area (Å²) in [7, 11) is 1.22. The van der Waals surface area contributed by atoms with Crippen molar-refractivity contribution in [2.75, 3.05) is 20.3 Å². The number of ether oxygens (including phenoxy) is 4. The van der Waals surface area contributed by atoms with Gasteiger partial charge in [0.25, 0.3) is 0 Å². The number of pyridine rings is 1. The molecule has 0 spiro atoms. The van der Waals surface area contributed by atoms with Gasteiger partial charge in [-0.3, -0.25) is 0 Å². The number of alkyl halides is 3. The average molecular weight is 428 g/mol. The number of carbonyl (C=O) groups is 2. The van der Waals surface area contributed by atoms with Crippen LogP contribution in [0, 0.1) is 0 Å². The number of alkyl carbamates (subject to hydrolysis) is 1. The number of carbonyl (C=O) groups excluding carboxylic acids is 2. The smallest absolute Gasteiger partial charge is 0.417 e. The van der Waals surface area contributed by atoms with Crippen molar-refractivity contribution in [3.63, 3.8) is 0 Å². The Hall–Kier alpha value is -3.50. The van der Waals surface area contributed by atoms with Crippen LogP contribution in [-0.2, 0) is 20.4 Å².